The summed E-state index contributed by atoms with van der Waals surface area (Å²) in [4.78, 5) is 21.1. The quantitative estimate of drug-likeness (QED) is 0.538. The van der Waals surface area contributed by atoms with Crippen LogP contribution in [0, 0.1) is 6.92 Å². The predicted octanol–water partition coefficient (Wildman–Crippen LogP) is 2.06. The van der Waals surface area contributed by atoms with Crippen LogP contribution < -0.4 is 4.72 Å². The largest absolute Gasteiger partial charge is 0.340 e. The van der Waals surface area contributed by atoms with Gasteiger partial charge in [-0.1, -0.05) is 53.2 Å². The highest BCUT2D eigenvalue weighted by atomic mass is 32.2. The normalized spacial score (nSPS) is 15.0. The summed E-state index contributed by atoms with van der Waals surface area (Å²) in [5, 5.41) is 4.07. The lowest BCUT2D eigenvalue weighted by Gasteiger charge is -2.34. The van der Waals surface area contributed by atoms with E-state index >= 15 is 0 Å². The zero-order chi connectivity index (χ0) is 23.3. The van der Waals surface area contributed by atoms with Gasteiger partial charge in [0.2, 0.25) is 27.6 Å². The Labute approximate surface area is 193 Å². The zero-order valence-electron chi connectivity index (χ0n) is 18.5. The Morgan fingerprint density at radius 2 is 1.73 bits per heavy atom. The number of carbonyl (C=O) groups is 1. The molecule has 0 saturated carbocycles. The van der Waals surface area contributed by atoms with Crippen LogP contribution in [-0.4, -0.2) is 67.0 Å². The van der Waals surface area contributed by atoms with Gasteiger partial charge in [0.15, 0.2) is 0 Å². The molecule has 1 aliphatic heterocycles. The molecule has 0 spiro atoms. The van der Waals surface area contributed by atoms with E-state index in [-0.39, 0.29) is 23.8 Å². The van der Waals surface area contributed by atoms with Crippen molar-refractivity contribution < 1.29 is 17.7 Å². The molecule has 0 unspecified atom stereocenters. The lowest BCUT2D eigenvalue weighted by atomic mass is 10.1. The third-order valence-electron chi connectivity index (χ3n) is 5.55. The van der Waals surface area contributed by atoms with Crippen molar-refractivity contribution >= 4 is 15.9 Å². The van der Waals surface area contributed by atoms with Gasteiger partial charge >= 0.3 is 0 Å². The molecule has 10 heteroatoms. The summed E-state index contributed by atoms with van der Waals surface area (Å²) in [6, 6.07) is 16.1. The first kappa shape index (κ1) is 23.1. The monoisotopic (exact) mass is 469 g/mol. The second-order valence-corrected chi connectivity index (χ2v) is 9.76. The Bertz CT molecular complexity index is 1170. The Balaban J connectivity index is 1.21. The average molecular weight is 470 g/mol. The van der Waals surface area contributed by atoms with E-state index in [1.54, 1.807) is 23.1 Å². The fourth-order valence-electron chi connectivity index (χ4n) is 3.62. The van der Waals surface area contributed by atoms with Crippen molar-refractivity contribution in [2.75, 3.05) is 32.7 Å². The Hall–Kier alpha value is -3.08. The van der Waals surface area contributed by atoms with Crippen LogP contribution in [0.2, 0.25) is 0 Å². The van der Waals surface area contributed by atoms with E-state index in [0.717, 1.165) is 5.56 Å². The fraction of sp³-hybridized carbons (Fsp3) is 0.348. The molecule has 0 atom stereocenters. The highest BCUT2D eigenvalue weighted by molar-refractivity contribution is 7.89. The summed E-state index contributed by atoms with van der Waals surface area (Å²) in [6.45, 7) is 5.14. The van der Waals surface area contributed by atoms with Crippen molar-refractivity contribution in [2.24, 2.45) is 0 Å². The van der Waals surface area contributed by atoms with Crippen LogP contribution in [0.15, 0.2) is 64.0 Å². The van der Waals surface area contributed by atoms with Gasteiger partial charge in [-0.25, -0.2) is 13.1 Å². The maximum atomic E-state index is 12.5. The average Bonchev–Trinajstić information content (AvgIpc) is 3.29. The number of aromatic nitrogens is 2. The molecule has 33 heavy (non-hydrogen) atoms. The number of aryl methyl sites for hydroxylation is 1. The molecule has 1 aliphatic rings. The lowest BCUT2D eigenvalue weighted by Crippen LogP contribution is -2.48. The number of sulfonamides is 1. The van der Waals surface area contributed by atoms with Gasteiger partial charge in [0, 0.05) is 44.7 Å². The molecule has 3 aromatic rings. The molecule has 1 saturated heterocycles. The summed E-state index contributed by atoms with van der Waals surface area (Å²) in [7, 11) is -3.60. The van der Waals surface area contributed by atoms with Crippen molar-refractivity contribution in [1.82, 2.24) is 24.7 Å². The van der Waals surface area contributed by atoms with E-state index in [4.69, 9.17) is 4.52 Å². The summed E-state index contributed by atoms with van der Waals surface area (Å²) >= 11 is 0. The number of carbonyl (C=O) groups excluding carboxylic acids is 1. The van der Waals surface area contributed by atoms with Crippen LogP contribution in [0.4, 0.5) is 0 Å². The van der Waals surface area contributed by atoms with Crippen LogP contribution in [0.25, 0.3) is 11.4 Å². The van der Waals surface area contributed by atoms with Gasteiger partial charge in [-0.2, -0.15) is 4.98 Å². The van der Waals surface area contributed by atoms with E-state index in [2.05, 4.69) is 19.8 Å². The van der Waals surface area contributed by atoms with E-state index in [1.807, 2.05) is 31.2 Å². The van der Waals surface area contributed by atoms with Gasteiger partial charge < -0.3 is 9.42 Å². The van der Waals surface area contributed by atoms with Crippen molar-refractivity contribution in [3.63, 3.8) is 0 Å². The number of hydrogen-bond acceptors (Lipinski definition) is 7. The number of piperazine rings is 1. The summed E-state index contributed by atoms with van der Waals surface area (Å²) in [6.07, 6.45) is 0.121. The molecular weight excluding hydrogens is 442 g/mol. The van der Waals surface area contributed by atoms with E-state index < -0.39 is 10.0 Å². The van der Waals surface area contributed by atoms with Gasteiger partial charge in [-0.05, 0) is 19.1 Å². The van der Waals surface area contributed by atoms with Gasteiger partial charge in [0.05, 0.1) is 11.4 Å². The maximum absolute atomic E-state index is 12.5. The second-order valence-electron chi connectivity index (χ2n) is 8.00. The van der Waals surface area contributed by atoms with Gasteiger partial charge in [0.25, 0.3) is 0 Å². The molecule has 0 radical (unpaired) electrons. The maximum Gasteiger partial charge on any atom is 0.241 e. The summed E-state index contributed by atoms with van der Waals surface area (Å²) in [5.74, 6) is 1.04. The molecule has 1 fully saturated rings. The Morgan fingerprint density at radius 1 is 1.03 bits per heavy atom. The van der Waals surface area contributed by atoms with Crippen molar-refractivity contribution in [3.05, 3.63) is 66.1 Å². The summed E-state index contributed by atoms with van der Waals surface area (Å²) in [5.41, 5.74) is 2.08. The first-order chi connectivity index (χ1) is 15.9. The van der Waals surface area contributed by atoms with Crippen LogP contribution in [0.1, 0.15) is 17.9 Å². The Morgan fingerprint density at radius 3 is 2.42 bits per heavy atom. The van der Waals surface area contributed by atoms with E-state index in [9.17, 15) is 13.2 Å². The zero-order valence-corrected chi connectivity index (χ0v) is 19.3. The molecule has 0 bridgehead atoms. The van der Waals surface area contributed by atoms with Crippen molar-refractivity contribution in [2.45, 2.75) is 24.8 Å². The summed E-state index contributed by atoms with van der Waals surface area (Å²) < 4.78 is 32.4. The van der Waals surface area contributed by atoms with Crippen LogP contribution in [0.3, 0.4) is 0 Å². The third-order valence-corrected chi connectivity index (χ3v) is 7.02. The molecule has 1 aromatic heterocycles. The topological polar surface area (TPSA) is 109 Å². The van der Waals surface area contributed by atoms with Gasteiger partial charge in [-0.15, -0.1) is 0 Å². The highest BCUT2D eigenvalue weighted by Crippen LogP contribution is 2.17. The van der Waals surface area contributed by atoms with Crippen LogP contribution >= 0.6 is 0 Å². The highest BCUT2D eigenvalue weighted by Gasteiger charge is 2.23. The van der Waals surface area contributed by atoms with Crippen molar-refractivity contribution in [1.29, 1.82) is 0 Å². The number of nitrogens with one attached hydrogen (secondary N) is 1. The second kappa shape index (κ2) is 10.2. The number of amides is 1. The first-order valence-electron chi connectivity index (χ1n) is 10.9. The smallest absolute Gasteiger partial charge is 0.241 e. The number of rotatable bonds is 8. The number of benzene rings is 2. The minimum atomic E-state index is -3.60. The molecule has 4 rings (SSSR count). The predicted molar refractivity (Wildman–Crippen MR) is 123 cm³/mol. The molecule has 0 aliphatic carbocycles. The standard InChI is InChI=1S/C23H27N5O4S/c1-18-7-9-19(10-8-18)23-25-21(32-26-23)17-27-13-15-28(16-14-27)22(29)11-12-24-33(30,31)20-5-3-2-4-6-20/h2-10,24H,11-17H2,1H3. The van der Waals surface area contributed by atoms with Gasteiger partial charge in [-0.3, -0.25) is 9.69 Å². The molecule has 174 valence electrons. The van der Waals surface area contributed by atoms with Crippen molar-refractivity contribution in [3.8, 4) is 11.4 Å². The third kappa shape index (κ3) is 6.04. The molecule has 2 aromatic carbocycles. The van der Waals surface area contributed by atoms with Gasteiger partial charge in [0.1, 0.15) is 0 Å². The van der Waals surface area contributed by atoms with E-state index in [1.165, 1.54) is 17.7 Å². The fourth-order valence-corrected chi connectivity index (χ4v) is 4.67. The molecular formula is C23H27N5O4S. The van der Waals surface area contributed by atoms with E-state index in [0.29, 0.717) is 44.4 Å². The lowest BCUT2D eigenvalue weighted by molar-refractivity contribution is -0.132. The van der Waals surface area contributed by atoms with Crippen LogP contribution in [0.5, 0.6) is 0 Å². The minimum absolute atomic E-state index is 0.0649. The van der Waals surface area contributed by atoms with Crippen LogP contribution in [-0.2, 0) is 21.4 Å². The molecule has 1 N–H and O–H groups in total. The molecule has 2 heterocycles. The minimum Gasteiger partial charge on any atom is -0.340 e. The first-order valence-corrected chi connectivity index (χ1v) is 12.3. The Kier molecular flexibility index (Phi) is 7.17. The number of nitrogens with zero attached hydrogens (tertiary/aromatic N) is 4. The molecule has 9 nitrogen and oxygen atoms in total. The molecule has 1 amide bonds. The SMILES string of the molecule is Cc1ccc(-c2noc(CN3CCN(C(=O)CCNS(=O)(=O)c4ccccc4)CC3)n2)cc1. The number of hydrogen-bond donors (Lipinski definition) is 1.